The molecule has 1 aliphatic heterocycles. The van der Waals surface area contributed by atoms with E-state index < -0.39 is 0 Å². The number of hydrogen-bond acceptors (Lipinski definition) is 3. The first-order chi connectivity index (χ1) is 12.5. The van der Waals surface area contributed by atoms with Gasteiger partial charge in [0.05, 0.1) is 31.3 Å². The van der Waals surface area contributed by atoms with Gasteiger partial charge in [-0.15, -0.1) is 0 Å². The van der Waals surface area contributed by atoms with E-state index in [0.717, 1.165) is 4.90 Å². The van der Waals surface area contributed by atoms with Crippen molar-refractivity contribution < 1.29 is 19.3 Å². The van der Waals surface area contributed by atoms with E-state index in [-0.39, 0.29) is 30.8 Å². The summed E-state index contributed by atoms with van der Waals surface area (Å²) in [7, 11) is 1.85. The smallest absolute Gasteiger partial charge is 0.279 e. The molecule has 134 valence electrons. The van der Waals surface area contributed by atoms with Gasteiger partial charge in [0.25, 0.3) is 17.7 Å². The van der Waals surface area contributed by atoms with Crippen LogP contribution in [0.4, 0.5) is 5.69 Å². The molecule has 0 bridgehead atoms. The number of rotatable bonds is 6. The van der Waals surface area contributed by atoms with E-state index in [9.17, 15) is 14.4 Å². The van der Waals surface area contributed by atoms with Crippen LogP contribution in [0.1, 0.15) is 20.7 Å². The number of carbonyl (C=O) groups excluding carboxylic acids is 3. The van der Waals surface area contributed by atoms with Crippen LogP contribution in [-0.2, 0) is 4.79 Å². The maximum Gasteiger partial charge on any atom is 0.279 e. The Balaban J connectivity index is 1.51. The fourth-order valence-electron chi connectivity index (χ4n) is 2.85. The number of likely N-dealkylation sites (N-methyl/N-ethyl adjacent to an activating group) is 1. The first-order valence-corrected chi connectivity index (χ1v) is 8.65. The van der Waals surface area contributed by atoms with E-state index >= 15 is 0 Å². The maximum atomic E-state index is 12.3. The van der Waals surface area contributed by atoms with Crippen LogP contribution in [0.2, 0.25) is 5.02 Å². The zero-order chi connectivity index (χ0) is 18.7. The second-order valence-electron chi connectivity index (χ2n) is 6.25. The number of carbonyl (C=O) groups is 3. The zero-order valence-corrected chi connectivity index (χ0v) is 15.0. The van der Waals surface area contributed by atoms with Gasteiger partial charge in [0.2, 0.25) is 0 Å². The molecule has 2 aromatic rings. The summed E-state index contributed by atoms with van der Waals surface area (Å²) >= 11 is 5.82. The second-order valence-corrected chi connectivity index (χ2v) is 6.68. The molecule has 1 atom stereocenters. The lowest BCUT2D eigenvalue weighted by molar-refractivity contribution is -0.870. The molecule has 1 heterocycles. The van der Waals surface area contributed by atoms with Crippen molar-refractivity contribution >= 4 is 35.0 Å². The van der Waals surface area contributed by atoms with Gasteiger partial charge in [0.1, 0.15) is 0 Å². The summed E-state index contributed by atoms with van der Waals surface area (Å²) in [6.45, 7) is 0.984. The predicted octanol–water partition coefficient (Wildman–Crippen LogP) is 1.09. The minimum absolute atomic E-state index is 0.146. The third-order valence-electron chi connectivity index (χ3n) is 4.23. The molecule has 1 unspecified atom stereocenters. The Hall–Kier alpha value is -2.70. The standard InChI is InChI=1S/C19H18ClN3O3/c1-22(12-17(24)21-14-8-6-13(20)7-9-14)10-11-23-18(25)15-4-2-3-5-16(15)19(23)26/h2-9H,10-12H2,1H3,(H,21,24)/p+1. The van der Waals surface area contributed by atoms with Gasteiger partial charge in [-0.25, -0.2) is 0 Å². The normalized spacial score (nSPS) is 14.3. The van der Waals surface area contributed by atoms with E-state index in [4.69, 9.17) is 11.6 Å². The number of quaternary nitrogens is 1. The summed E-state index contributed by atoms with van der Waals surface area (Å²) in [5.74, 6) is -0.694. The van der Waals surface area contributed by atoms with E-state index in [2.05, 4.69) is 5.32 Å². The number of hydrogen-bond donors (Lipinski definition) is 2. The predicted molar refractivity (Wildman–Crippen MR) is 98.5 cm³/mol. The molecule has 0 aromatic heterocycles. The number of anilines is 1. The molecule has 26 heavy (non-hydrogen) atoms. The van der Waals surface area contributed by atoms with Crippen LogP contribution in [0.5, 0.6) is 0 Å². The third kappa shape index (κ3) is 3.92. The van der Waals surface area contributed by atoms with Gasteiger partial charge < -0.3 is 10.2 Å². The van der Waals surface area contributed by atoms with Crippen molar-refractivity contribution in [2.75, 3.05) is 32.0 Å². The number of imide groups is 1. The quantitative estimate of drug-likeness (QED) is 0.746. The third-order valence-corrected chi connectivity index (χ3v) is 4.48. The molecule has 3 rings (SSSR count). The van der Waals surface area contributed by atoms with Crippen molar-refractivity contribution in [3.8, 4) is 0 Å². The molecule has 0 spiro atoms. The minimum Gasteiger partial charge on any atom is -0.328 e. The number of nitrogens with zero attached hydrogens (tertiary/aromatic N) is 1. The van der Waals surface area contributed by atoms with Gasteiger partial charge in [-0.3, -0.25) is 19.3 Å². The fourth-order valence-corrected chi connectivity index (χ4v) is 2.97. The molecule has 2 aromatic carbocycles. The van der Waals surface area contributed by atoms with Gasteiger partial charge in [0, 0.05) is 10.7 Å². The highest BCUT2D eigenvalue weighted by Gasteiger charge is 2.35. The Bertz CT molecular complexity index is 816. The van der Waals surface area contributed by atoms with E-state index in [0.29, 0.717) is 28.4 Å². The molecule has 0 radical (unpaired) electrons. The van der Waals surface area contributed by atoms with Crippen molar-refractivity contribution in [1.29, 1.82) is 0 Å². The fraction of sp³-hybridized carbons (Fsp3) is 0.211. The van der Waals surface area contributed by atoms with Crippen molar-refractivity contribution in [2.45, 2.75) is 0 Å². The molecule has 2 N–H and O–H groups in total. The lowest BCUT2D eigenvalue weighted by Crippen LogP contribution is -3.10. The van der Waals surface area contributed by atoms with Gasteiger partial charge in [0.15, 0.2) is 6.54 Å². The average Bonchev–Trinajstić information content (AvgIpc) is 2.86. The van der Waals surface area contributed by atoms with Crippen LogP contribution in [0.15, 0.2) is 48.5 Å². The summed E-state index contributed by atoms with van der Waals surface area (Å²) in [4.78, 5) is 38.9. The van der Waals surface area contributed by atoms with Gasteiger partial charge >= 0.3 is 0 Å². The van der Waals surface area contributed by atoms with Gasteiger partial charge in [-0.2, -0.15) is 0 Å². The lowest BCUT2D eigenvalue weighted by Gasteiger charge is -2.18. The molecular weight excluding hydrogens is 354 g/mol. The molecule has 0 fully saturated rings. The molecule has 0 saturated carbocycles. The second kappa shape index (κ2) is 7.68. The number of halogens is 1. The van der Waals surface area contributed by atoms with Crippen LogP contribution in [-0.4, -0.2) is 49.3 Å². The number of amides is 3. The van der Waals surface area contributed by atoms with Gasteiger partial charge in [-0.05, 0) is 36.4 Å². The first-order valence-electron chi connectivity index (χ1n) is 8.27. The molecule has 0 saturated heterocycles. The van der Waals surface area contributed by atoms with Crippen LogP contribution in [0.3, 0.4) is 0 Å². The van der Waals surface area contributed by atoms with E-state index in [1.807, 2.05) is 7.05 Å². The van der Waals surface area contributed by atoms with Crippen LogP contribution in [0, 0.1) is 0 Å². The van der Waals surface area contributed by atoms with E-state index in [1.54, 1.807) is 48.5 Å². The Kier molecular flexibility index (Phi) is 5.35. The minimum atomic E-state index is -0.274. The Morgan fingerprint density at radius 1 is 1.04 bits per heavy atom. The maximum absolute atomic E-state index is 12.3. The molecule has 6 nitrogen and oxygen atoms in total. The lowest BCUT2D eigenvalue weighted by atomic mass is 10.1. The van der Waals surface area contributed by atoms with Crippen molar-refractivity contribution in [2.24, 2.45) is 0 Å². The molecule has 0 aliphatic carbocycles. The summed E-state index contributed by atoms with van der Waals surface area (Å²) in [5, 5.41) is 3.40. The largest absolute Gasteiger partial charge is 0.328 e. The number of nitrogens with one attached hydrogen (secondary N) is 2. The topological polar surface area (TPSA) is 70.9 Å². The number of fused-ring (bicyclic) bond motifs is 1. The first kappa shape index (κ1) is 18.1. The summed E-state index contributed by atoms with van der Waals surface area (Å²) in [6.07, 6.45) is 0. The summed E-state index contributed by atoms with van der Waals surface area (Å²) < 4.78 is 0. The Morgan fingerprint density at radius 3 is 2.19 bits per heavy atom. The summed E-state index contributed by atoms with van der Waals surface area (Å²) in [6, 6.07) is 13.7. The highest BCUT2D eigenvalue weighted by atomic mass is 35.5. The van der Waals surface area contributed by atoms with Crippen molar-refractivity contribution in [1.82, 2.24) is 4.90 Å². The Labute approximate surface area is 156 Å². The van der Waals surface area contributed by atoms with Gasteiger partial charge in [-0.1, -0.05) is 23.7 Å². The van der Waals surface area contributed by atoms with Crippen molar-refractivity contribution in [3.63, 3.8) is 0 Å². The van der Waals surface area contributed by atoms with Crippen molar-refractivity contribution in [3.05, 3.63) is 64.7 Å². The van der Waals surface area contributed by atoms with Crippen LogP contribution >= 0.6 is 11.6 Å². The molecular formula is C19H19ClN3O3+. The van der Waals surface area contributed by atoms with E-state index in [1.165, 1.54) is 4.90 Å². The monoisotopic (exact) mass is 372 g/mol. The molecule has 1 aliphatic rings. The molecule has 7 heteroatoms. The van der Waals surface area contributed by atoms with Crippen LogP contribution < -0.4 is 10.2 Å². The highest BCUT2D eigenvalue weighted by molar-refractivity contribution is 6.30. The number of benzene rings is 2. The average molecular weight is 373 g/mol. The SMILES string of the molecule is C[NH+](CCN1C(=O)c2ccccc2C1=O)CC(=O)Nc1ccc(Cl)cc1. The van der Waals surface area contributed by atoms with Crippen LogP contribution in [0.25, 0.3) is 0 Å². The molecule has 3 amide bonds. The zero-order valence-electron chi connectivity index (χ0n) is 14.3. The Morgan fingerprint density at radius 2 is 1.62 bits per heavy atom. The highest BCUT2D eigenvalue weighted by Crippen LogP contribution is 2.21. The summed E-state index contributed by atoms with van der Waals surface area (Å²) in [5.41, 5.74) is 1.55.